The van der Waals surface area contributed by atoms with Crippen LogP contribution in [-0.4, -0.2) is 11.9 Å². The molecule has 0 heterocycles. The molecule has 0 aromatic rings. The SMILES string of the molecule is CC(C)[C@H]1CC[C@H](NC(=O)C2CC2)CC1. The molecule has 0 aromatic carbocycles. The topological polar surface area (TPSA) is 29.1 Å². The van der Waals surface area contributed by atoms with Crippen molar-refractivity contribution in [3.05, 3.63) is 0 Å². The first-order chi connectivity index (χ1) is 7.16. The minimum atomic E-state index is 0.322. The van der Waals surface area contributed by atoms with Gasteiger partial charge in [0.05, 0.1) is 0 Å². The fourth-order valence-corrected chi connectivity index (χ4v) is 2.59. The van der Waals surface area contributed by atoms with Gasteiger partial charge in [-0.2, -0.15) is 0 Å². The monoisotopic (exact) mass is 209 g/mol. The van der Waals surface area contributed by atoms with Crippen LogP contribution in [0.1, 0.15) is 52.4 Å². The van der Waals surface area contributed by atoms with Gasteiger partial charge in [-0.25, -0.2) is 0 Å². The molecule has 2 heteroatoms. The maximum Gasteiger partial charge on any atom is 0.223 e. The van der Waals surface area contributed by atoms with Gasteiger partial charge in [-0.05, 0) is 50.4 Å². The van der Waals surface area contributed by atoms with Crippen molar-refractivity contribution in [3.63, 3.8) is 0 Å². The van der Waals surface area contributed by atoms with Crippen LogP contribution in [0.4, 0.5) is 0 Å². The molecule has 2 rings (SSSR count). The van der Waals surface area contributed by atoms with Crippen LogP contribution < -0.4 is 5.32 Å². The third-order valence-electron chi connectivity index (χ3n) is 4.01. The molecule has 0 atom stereocenters. The lowest BCUT2D eigenvalue weighted by Gasteiger charge is -2.31. The summed E-state index contributed by atoms with van der Waals surface area (Å²) in [4.78, 5) is 11.6. The Morgan fingerprint density at radius 3 is 2.13 bits per heavy atom. The van der Waals surface area contributed by atoms with E-state index in [1.54, 1.807) is 0 Å². The predicted octanol–water partition coefficient (Wildman–Crippen LogP) is 2.73. The highest BCUT2D eigenvalue weighted by Crippen LogP contribution is 2.32. The molecule has 86 valence electrons. The Hall–Kier alpha value is -0.530. The molecule has 2 nitrogen and oxygen atoms in total. The van der Waals surface area contributed by atoms with E-state index < -0.39 is 0 Å². The average molecular weight is 209 g/mol. The van der Waals surface area contributed by atoms with Crippen LogP contribution in [0.25, 0.3) is 0 Å². The van der Waals surface area contributed by atoms with Gasteiger partial charge in [0.2, 0.25) is 5.91 Å². The van der Waals surface area contributed by atoms with Crippen molar-refractivity contribution >= 4 is 5.91 Å². The Morgan fingerprint density at radius 1 is 1.07 bits per heavy atom. The van der Waals surface area contributed by atoms with Crippen molar-refractivity contribution in [1.29, 1.82) is 0 Å². The molecule has 2 fully saturated rings. The molecular formula is C13H23NO. The van der Waals surface area contributed by atoms with Gasteiger partial charge in [0, 0.05) is 12.0 Å². The number of carbonyl (C=O) groups excluding carboxylic acids is 1. The van der Waals surface area contributed by atoms with Crippen LogP contribution in [-0.2, 0) is 4.79 Å². The van der Waals surface area contributed by atoms with Crippen molar-refractivity contribution < 1.29 is 4.79 Å². The van der Waals surface area contributed by atoms with Crippen molar-refractivity contribution in [2.75, 3.05) is 0 Å². The molecule has 0 unspecified atom stereocenters. The molecule has 0 spiro atoms. The second-order valence-corrected chi connectivity index (χ2v) is 5.64. The van der Waals surface area contributed by atoms with Crippen LogP contribution >= 0.6 is 0 Å². The van der Waals surface area contributed by atoms with Gasteiger partial charge in [0.25, 0.3) is 0 Å². The molecule has 1 amide bonds. The smallest absolute Gasteiger partial charge is 0.223 e. The van der Waals surface area contributed by atoms with Gasteiger partial charge >= 0.3 is 0 Å². The third kappa shape index (κ3) is 2.96. The van der Waals surface area contributed by atoms with E-state index in [-0.39, 0.29) is 0 Å². The van der Waals surface area contributed by atoms with Crippen LogP contribution in [0.2, 0.25) is 0 Å². The van der Waals surface area contributed by atoms with Crippen LogP contribution in [0, 0.1) is 17.8 Å². The summed E-state index contributed by atoms with van der Waals surface area (Å²) >= 11 is 0. The fraction of sp³-hybridized carbons (Fsp3) is 0.923. The quantitative estimate of drug-likeness (QED) is 0.761. The Kier molecular flexibility index (Phi) is 3.32. The van der Waals surface area contributed by atoms with E-state index in [0.717, 1.165) is 24.7 Å². The molecule has 2 saturated carbocycles. The number of nitrogens with one attached hydrogen (secondary N) is 1. The second-order valence-electron chi connectivity index (χ2n) is 5.64. The van der Waals surface area contributed by atoms with E-state index in [4.69, 9.17) is 0 Å². The standard InChI is InChI=1S/C13H23NO/c1-9(2)10-5-7-12(8-6-10)14-13(15)11-3-4-11/h9-12H,3-8H2,1-2H3,(H,14,15)/t10-,12-. The lowest BCUT2D eigenvalue weighted by molar-refractivity contribution is -0.123. The van der Waals surface area contributed by atoms with Gasteiger partial charge in [-0.3, -0.25) is 4.79 Å². The molecule has 0 radical (unpaired) electrons. The van der Waals surface area contributed by atoms with Crippen molar-refractivity contribution in [2.45, 2.75) is 58.4 Å². The van der Waals surface area contributed by atoms with Gasteiger partial charge < -0.3 is 5.32 Å². The maximum atomic E-state index is 11.6. The first kappa shape index (κ1) is 11.0. The number of rotatable bonds is 3. The second kappa shape index (κ2) is 4.54. The minimum absolute atomic E-state index is 0.322. The lowest BCUT2D eigenvalue weighted by atomic mass is 9.79. The summed E-state index contributed by atoms with van der Waals surface area (Å²) in [7, 11) is 0. The number of amides is 1. The zero-order chi connectivity index (χ0) is 10.8. The molecule has 1 N–H and O–H groups in total. The van der Waals surface area contributed by atoms with E-state index in [0.29, 0.717) is 17.9 Å². The number of carbonyl (C=O) groups is 1. The highest BCUT2D eigenvalue weighted by molar-refractivity contribution is 5.81. The van der Waals surface area contributed by atoms with Crippen molar-refractivity contribution in [3.8, 4) is 0 Å². The van der Waals surface area contributed by atoms with Gasteiger partial charge in [0.15, 0.2) is 0 Å². The van der Waals surface area contributed by atoms with Gasteiger partial charge in [0.1, 0.15) is 0 Å². The molecule has 0 aromatic heterocycles. The summed E-state index contributed by atoms with van der Waals surface area (Å²) in [5.74, 6) is 2.39. The highest BCUT2D eigenvalue weighted by Gasteiger charge is 2.32. The zero-order valence-electron chi connectivity index (χ0n) is 9.96. The average Bonchev–Trinajstić information content (AvgIpc) is 3.01. The van der Waals surface area contributed by atoms with E-state index in [1.807, 2.05) is 0 Å². The zero-order valence-corrected chi connectivity index (χ0v) is 9.96. The van der Waals surface area contributed by atoms with Gasteiger partial charge in [-0.1, -0.05) is 13.8 Å². The lowest BCUT2D eigenvalue weighted by Crippen LogP contribution is -2.39. The third-order valence-corrected chi connectivity index (χ3v) is 4.01. The summed E-state index contributed by atoms with van der Waals surface area (Å²) in [6.07, 6.45) is 7.23. The first-order valence-corrected chi connectivity index (χ1v) is 6.47. The molecule has 0 aliphatic heterocycles. The van der Waals surface area contributed by atoms with Crippen molar-refractivity contribution in [1.82, 2.24) is 5.32 Å². The Bertz CT molecular complexity index is 225. The molecule has 2 aliphatic rings. The minimum Gasteiger partial charge on any atom is -0.353 e. The summed E-state index contributed by atoms with van der Waals surface area (Å²) in [6, 6.07) is 0.480. The fourth-order valence-electron chi connectivity index (χ4n) is 2.59. The normalized spacial score (nSPS) is 31.7. The van der Waals surface area contributed by atoms with E-state index in [1.165, 1.54) is 25.7 Å². The van der Waals surface area contributed by atoms with Crippen LogP contribution in [0.15, 0.2) is 0 Å². The van der Waals surface area contributed by atoms with E-state index >= 15 is 0 Å². The molecular weight excluding hydrogens is 186 g/mol. The number of hydrogen-bond donors (Lipinski definition) is 1. The Balaban J connectivity index is 1.70. The largest absolute Gasteiger partial charge is 0.353 e. The highest BCUT2D eigenvalue weighted by atomic mass is 16.2. The molecule has 2 aliphatic carbocycles. The summed E-state index contributed by atoms with van der Waals surface area (Å²) < 4.78 is 0. The van der Waals surface area contributed by atoms with Gasteiger partial charge in [-0.15, -0.1) is 0 Å². The predicted molar refractivity (Wildman–Crippen MR) is 61.5 cm³/mol. The number of hydrogen-bond acceptors (Lipinski definition) is 1. The van der Waals surface area contributed by atoms with E-state index in [2.05, 4.69) is 19.2 Å². The van der Waals surface area contributed by atoms with E-state index in [9.17, 15) is 4.79 Å². The summed E-state index contributed by atoms with van der Waals surface area (Å²) in [5, 5.41) is 3.20. The molecule has 0 saturated heterocycles. The molecule has 0 bridgehead atoms. The van der Waals surface area contributed by atoms with Crippen LogP contribution in [0.5, 0.6) is 0 Å². The maximum absolute atomic E-state index is 11.6. The first-order valence-electron chi connectivity index (χ1n) is 6.47. The van der Waals surface area contributed by atoms with Crippen LogP contribution in [0.3, 0.4) is 0 Å². The van der Waals surface area contributed by atoms with Crippen molar-refractivity contribution in [2.24, 2.45) is 17.8 Å². The summed E-state index contributed by atoms with van der Waals surface area (Å²) in [5.41, 5.74) is 0. The summed E-state index contributed by atoms with van der Waals surface area (Å²) in [6.45, 7) is 4.63. The Morgan fingerprint density at radius 2 is 1.67 bits per heavy atom. The Labute approximate surface area is 92.8 Å². The molecule has 15 heavy (non-hydrogen) atoms.